The Balaban J connectivity index is 1.29. The molecule has 8 heteroatoms. The third-order valence-corrected chi connectivity index (χ3v) is 7.14. The van der Waals surface area contributed by atoms with Gasteiger partial charge >= 0.3 is 0 Å². The number of sulfonamides is 1. The number of aliphatic hydroxyl groups excluding tert-OH is 1. The Hall–Kier alpha value is -2.52. The molecule has 1 saturated heterocycles. The van der Waals surface area contributed by atoms with Crippen molar-refractivity contribution in [3.63, 3.8) is 0 Å². The quantitative estimate of drug-likeness (QED) is 0.621. The van der Waals surface area contributed by atoms with Gasteiger partial charge in [-0.1, -0.05) is 36.4 Å². The van der Waals surface area contributed by atoms with E-state index in [4.69, 9.17) is 4.74 Å². The van der Waals surface area contributed by atoms with Crippen molar-refractivity contribution in [1.82, 2.24) is 14.2 Å². The number of hydrogen-bond acceptors (Lipinski definition) is 6. The van der Waals surface area contributed by atoms with Crippen molar-refractivity contribution in [1.29, 1.82) is 0 Å². The van der Waals surface area contributed by atoms with Crippen LogP contribution in [0, 0.1) is 0 Å². The Morgan fingerprint density at radius 2 is 1.77 bits per heavy atom. The van der Waals surface area contributed by atoms with Crippen LogP contribution in [0.25, 0.3) is 10.8 Å². The van der Waals surface area contributed by atoms with Gasteiger partial charge in [0.05, 0.1) is 0 Å². The van der Waals surface area contributed by atoms with Crippen molar-refractivity contribution in [3.8, 4) is 5.75 Å². The van der Waals surface area contributed by atoms with Gasteiger partial charge in [-0.3, -0.25) is 9.88 Å². The molecular formula is C22H25N3O4S. The van der Waals surface area contributed by atoms with E-state index in [0.29, 0.717) is 32.7 Å². The van der Waals surface area contributed by atoms with Crippen LogP contribution < -0.4 is 4.74 Å². The Morgan fingerprint density at radius 3 is 2.53 bits per heavy atom. The van der Waals surface area contributed by atoms with E-state index in [2.05, 4.69) is 9.88 Å². The van der Waals surface area contributed by atoms with E-state index in [1.807, 2.05) is 42.5 Å². The molecule has 0 radical (unpaired) electrons. The number of benzene rings is 2. The molecule has 0 bridgehead atoms. The van der Waals surface area contributed by atoms with Crippen LogP contribution in [-0.2, 0) is 10.0 Å². The van der Waals surface area contributed by atoms with E-state index >= 15 is 0 Å². The van der Waals surface area contributed by atoms with Crippen molar-refractivity contribution < 1.29 is 18.3 Å². The molecule has 1 aliphatic heterocycles. The zero-order valence-electron chi connectivity index (χ0n) is 16.6. The third-order valence-electron chi connectivity index (χ3n) is 5.25. The molecule has 158 valence electrons. The second kappa shape index (κ2) is 9.09. The zero-order chi connectivity index (χ0) is 21.0. The van der Waals surface area contributed by atoms with Crippen LogP contribution in [0.1, 0.15) is 0 Å². The summed E-state index contributed by atoms with van der Waals surface area (Å²) in [5.74, 6) is 0.750. The van der Waals surface area contributed by atoms with Crippen molar-refractivity contribution >= 4 is 20.8 Å². The molecule has 1 unspecified atom stereocenters. The Kier molecular flexibility index (Phi) is 6.29. The van der Waals surface area contributed by atoms with Gasteiger partial charge in [-0.25, -0.2) is 8.42 Å². The molecule has 4 rings (SSSR count). The second-order valence-electron chi connectivity index (χ2n) is 7.34. The summed E-state index contributed by atoms with van der Waals surface area (Å²) in [6.45, 7) is 2.51. The average Bonchev–Trinajstić information content (AvgIpc) is 2.78. The van der Waals surface area contributed by atoms with Crippen molar-refractivity contribution in [3.05, 3.63) is 67.0 Å². The van der Waals surface area contributed by atoms with Crippen molar-refractivity contribution in [2.24, 2.45) is 0 Å². The van der Waals surface area contributed by atoms with Gasteiger partial charge in [-0.05, 0) is 23.6 Å². The molecule has 7 nitrogen and oxygen atoms in total. The summed E-state index contributed by atoms with van der Waals surface area (Å²) >= 11 is 0. The predicted octanol–water partition coefficient (Wildman–Crippen LogP) is 1.98. The topological polar surface area (TPSA) is 83.0 Å². The van der Waals surface area contributed by atoms with Gasteiger partial charge in [0.15, 0.2) is 0 Å². The van der Waals surface area contributed by atoms with Crippen LogP contribution in [-0.4, -0.2) is 73.1 Å². The summed E-state index contributed by atoms with van der Waals surface area (Å²) in [5.41, 5.74) is 0. The Bertz CT molecular complexity index is 1080. The highest BCUT2D eigenvalue weighted by molar-refractivity contribution is 7.89. The van der Waals surface area contributed by atoms with Gasteiger partial charge in [0.25, 0.3) is 0 Å². The largest absolute Gasteiger partial charge is 0.490 e. The number of piperazine rings is 1. The summed E-state index contributed by atoms with van der Waals surface area (Å²) in [5, 5.41) is 12.5. The maximum atomic E-state index is 12.7. The second-order valence-corrected chi connectivity index (χ2v) is 9.27. The first kappa shape index (κ1) is 20.7. The number of hydrogen-bond donors (Lipinski definition) is 1. The molecular weight excluding hydrogens is 402 g/mol. The highest BCUT2D eigenvalue weighted by Gasteiger charge is 2.29. The van der Waals surface area contributed by atoms with Crippen LogP contribution in [0.4, 0.5) is 0 Å². The summed E-state index contributed by atoms with van der Waals surface area (Å²) in [6, 6.07) is 17.0. The van der Waals surface area contributed by atoms with E-state index in [9.17, 15) is 13.5 Å². The first-order valence-corrected chi connectivity index (χ1v) is 11.4. The molecule has 3 aromatic rings. The van der Waals surface area contributed by atoms with Crippen LogP contribution >= 0.6 is 0 Å². The van der Waals surface area contributed by atoms with Gasteiger partial charge < -0.3 is 9.84 Å². The van der Waals surface area contributed by atoms with Crippen LogP contribution in [0.3, 0.4) is 0 Å². The maximum Gasteiger partial charge on any atom is 0.244 e. The molecule has 1 fully saturated rings. The molecule has 1 aliphatic rings. The number of aromatic nitrogens is 1. The van der Waals surface area contributed by atoms with E-state index < -0.39 is 16.1 Å². The average molecular weight is 428 g/mol. The van der Waals surface area contributed by atoms with Gasteiger partial charge in [0, 0.05) is 50.5 Å². The van der Waals surface area contributed by atoms with E-state index in [1.54, 1.807) is 18.3 Å². The van der Waals surface area contributed by atoms with E-state index in [0.717, 1.165) is 16.5 Å². The Morgan fingerprint density at radius 1 is 1.00 bits per heavy atom. The Labute approximate surface area is 176 Å². The first-order chi connectivity index (χ1) is 14.5. The van der Waals surface area contributed by atoms with Crippen molar-refractivity contribution in [2.75, 3.05) is 39.3 Å². The van der Waals surface area contributed by atoms with E-state index in [1.165, 1.54) is 10.5 Å². The standard InChI is InChI=1S/C22H25N3O4S/c26-19(17-29-22-9-3-6-18-5-1-2-8-21(18)22)16-24-11-13-25(14-12-24)30(27,28)20-7-4-10-23-15-20/h1-10,15,19,26H,11-14,16-17H2. The van der Waals surface area contributed by atoms with E-state index in [-0.39, 0.29) is 11.5 Å². The van der Waals surface area contributed by atoms with Gasteiger partial charge in [0.1, 0.15) is 23.4 Å². The summed E-state index contributed by atoms with van der Waals surface area (Å²) in [6.07, 6.45) is 2.26. The highest BCUT2D eigenvalue weighted by Crippen LogP contribution is 2.25. The van der Waals surface area contributed by atoms with Gasteiger partial charge in [-0.15, -0.1) is 0 Å². The number of fused-ring (bicyclic) bond motifs is 1. The minimum absolute atomic E-state index is 0.183. The lowest BCUT2D eigenvalue weighted by Gasteiger charge is -2.34. The van der Waals surface area contributed by atoms with Crippen LogP contribution in [0.15, 0.2) is 71.9 Å². The van der Waals surface area contributed by atoms with Gasteiger partial charge in [-0.2, -0.15) is 4.31 Å². The van der Waals surface area contributed by atoms with Crippen molar-refractivity contribution in [2.45, 2.75) is 11.0 Å². The monoisotopic (exact) mass is 427 g/mol. The number of rotatable bonds is 7. The molecule has 1 atom stereocenters. The smallest absolute Gasteiger partial charge is 0.244 e. The molecule has 2 aromatic carbocycles. The fraction of sp³-hybridized carbons (Fsp3) is 0.318. The van der Waals surface area contributed by atoms with Gasteiger partial charge in [0.2, 0.25) is 10.0 Å². The fourth-order valence-corrected chi connectivity index (χ4v) is 5.05. The summed E-state index contributed by atoms with van der Waals surface area (Å²) in [4.78, 5) is 6.17. The molecule has 0 aliphatic carbocycles. The molecule has 0 amide bonds. The molecule has 1 N–H and O–H groups in total. The lowest BCUT2D eigenvalue weighted by Crippen LogP contribution is -2.50. The molecule has 0 saturated carbocycles. The summed E-state index contributed by atoms with van der Waals surface area (Å²) < 4.78 is 32.7. The number of aliphatic hydroxyl groups is 1. The molecule has 0 spiro atoms. The lowest BCUT2D eigenvalue weighted by atomic mass is 10.1. The normalized spacial score (nSPS) is 17.1. The maximum absolute atomic E-state index is 12.7. The highest BCUT2D eigenvalue weighted by atomic mass is 32.2. The lowest BCUT2D eigenvalue weighted by molar-refractivity contribution is 0.0573. The molecule has 2 heterocycles. The molecule has 30 heavy (non-hydrogen) atoms. The minimum Gasteiger partial charge on any atom is -0.490 e. The SMILES string of the molecule is O=S(=O)(c1cccnc1)N1CCN(CC(O)COc2cccc3ccccc23)CC1. The number of pyridine rings is 1. The number of nitrogens with zero attached hydrogens (tertiary/aromatic N) is 3. The third kappa shape index (κ3) is 4.62. The predicted molar refractivity (Wildman–Crippen MR) is 115 cm³/mol. The molecule has 1 aromatic heterocycles. The fourth-order valence-electron chi connectivity index (χ4n) is 3.66. The first-order valence-electron chi connectivity index (χ1n) is 9.95. The summed E-state index contributed by atoms with van der Waals surface area (Å²) in [7, 11) is -3.52. The van der Waals surface area contributed by atoms with Crippen LogP contribution in [0.2, 0.25) is 0 Å². The minimum atomic E-state index is -3.52. The zero-order valence-corrected chi connectivity index (χ0v) is 17.4. The van der Waals surface area contributed by atoms with Crippen LogP contribution in [0.5, 0.6) is 5.75 Å². The number of β-amino-alcohol motifs (C(OH)–C–C–N with tert-alkyl or cyclic N) is 1. The number of ether oxygens (including phenoxy) is 1.